The monoisotopic (exact) mass is 265 g/mol. The van der Waals surface area contributed by atoms with Crippen molar-refractivity contribution >= 4 is 11.9 Å². The number of nitrogens with one attached hydrogen (secondary N) is 1. The first-order valence-corrected chi connectivity index (χ1v) is 7.00. The SMILES string of the molecule is CNc1nc(OCC(C)C)nc(N2CCCCC2)n1. The molecule has 0 radical (unpaired) electrons. The number of anilines is 2. The molecule has 0 bridgehead atoms. The summed E-state index contributed by atoms with van der Waals surface area (Å²) in [4.78, 5) is 15.3. The van der Waals surface area contributed by atoms with Crippen LogP contribution in [0.3, 0.4) is 0 Å². The molecule has 0 aromatic carbocycles. The molecule has 1 aliphatic rings. The molecule has 19 heavy (non-hydrogen) atoms. The highest BCUT2D eigenvalue weighted by Gasteiger charge is 2.16. The first-order chi connectivity index (χ1) is 9.19. The van der Waals surface area contributed by atoms with Crippen LogP contribution in [-0.2, 0) is 0 Å². The Bertz CT molecular complexity index is 404. The Hall–Kier alpha value is -1.59. The van der Waals surface area contributed by atoms with Gasteiger partial charge in [-0.3, -0.25) is 0 Å². The molecule has 106 valence electrons. The molecular weight excluding hydrogens is 242 g/mol. The van der Waals surface area contributed by atoms with Crippen molar-refractivity contribution in [3.05, 3.63) is 0 Å². The van der Waals surface area contributed by atoms with Gasteiger partial charge in [0.15, 0.2) is 0 Å². The number of rotatable bonds is 5. The van der Waals surface area contributed by atoms with E-state index in [4.69, 9.17) is 4.74 Å². The van der Waals surface area contributed by atoms with Crippen molar-refractivity contribution in [1.29, 1.82) is 0 Å². The summed E-state index contributed by atoms with van der Waals surface area (Å²) in [6, 6.07) is 0.411. The van der Waals surface area contributed by atoms with Crippen LogP contribution in [0.2, 0.25) is 0 Å². The van der Waals surface area contributed by atoms with Gasteiger partial charge in [-0.25, -0.2) is 0 Å². The number of hydrogen-bond donors (Lipinski definition) is 1. The predicted octanol–water partition coefficient (Wildman–Crippen LogP) is 1.94. The highest BCUT2D eigenvalue weighted by atomic mass is 16.5. The minimum atomic E-state index is 0.411. The summed E-state index contributed by atoms with van der Waals surface area (Å²) in [7, 11) is 1.81. The van der Waals surface area contributed by atoms with Crippen LogP contribution in [0, 0.1) is 5.92 Å². The average molecular weight is 265 g/mol. The zero-order chi connectivity index (χ0) is 13.7. The van der Waals surface area contributed by atoms with Crippen LogP contribution in [0.25, 0.3) is 0 Å². The van der Waals surface area contributed by atoms with Crippen LogP contribution >= 0.6 is 0 Å². The summed E-state index contributed by atoms with van der Waals surface area (Å²) in [5, 5.41) is 2.97. The number of aromatic nitrogens is 3. The molecule has 6 nitrogen and oxygen atoms in total. The Morgan fingerprint density at radius 1 is 1.16 bits per heavy atom. The van der Waals surface area contributed by atoms with Crippen LogP contribution in [0.15, 0.2) is 0 Å². The van der Waals surface area contributed by atoms with E-state index in [2.05, 4.69) is 39.0 Å². The molecule has 0 atom stereocenters. The minimum Gasteiger partial charge on any atom is -0.463 e. The van der Waals surface area contributed by atoms with E-state index in [1.165, 1.54) is 19.3 Å². The average Bonchev–Trinajstić information content (AvgIpc) is 2.45. The van der Waals surface area contributed by atoms with E-state index in [9.17, 15) is 0 Å². The molecule has 0 saturated carbocycles. The van der Waals surface area contributed by atoms with Gasteiger partial charge in [0.1, 0.15) is 0 Å². The van der Waals surface area contributed by atoms with E-state index in [1.807, 2.05) is 7.05 Å². The normalized spacial score (nSPS) is 15.7. The number of nitrogens with zero attached hydrogens (tertiary/aromatic N) is 4. The maximum atomic E-state index is 5.61. The lowest BCUT2D eigenvalue weighted by Crippen LogP contribution is -2.31. The van der Waals surface area contributed by atoms with Crippen molar-refractivity contribution < 1.29 is 4.74 Å². The van der Waals surface area contributed by atoms with Gasteiger partial charge in [-0.2, -0.15) is 15.0 Å². The quantitative estimate of drug-likeness (QED) is 0.877. The number of piperidine rings is 1. The first-order valence-electron chi connectivity index (χ1n) is 7.00. The second-order valence-electron chi connectivity index (χ2n) is 5.24. The van der Waals surface area contributed by atoms with Crippen LogP contribution in [0.1, 0.15) is 33.1 Å². The van der Waals surface area contributed by atoms with Gasteiger partial charge in [0.25, 0.3) is 0 Å². The Kier molecular flexibility index (Phi) is 4.76. The summed E-state index contributed by atoms with van der Waals surface area (Å²) in [6.07, 6.45) is 3.68. The zero-order valence-corrected chi connectivity index (χ0v) is 12.0. The van der Waals surface area contributed by atoms with E-state index in [0.717, 1.165) is 19.0 Å². The topological polar surface area (TPSA) is 63.2 Å². The van der Waals surface area contributed by atoms with Gasteiger partial charge in [0.05, 0.1) is 6.61 Å². The van der Waals surface area contributed by atoms with Gasteiger partial charge < -0.3 is 15.0 Å². The highest BCUT2D eigenvalue weighted by molar-refractivity contribution is 5.38. The third-order valence-electron chi connectivity index (χ3n) is 3.01. The largest absolute Gasteiger partial charge is 0.463 e. The lowest BCUT2D eigenvalue weighted by atomic mass is 10.1. The van der Waals surface area contributed by atoms with E-state index >= 15 is 0 Å². The van der Waals surface area contributed by atoms with Crippen LogP contribution in [0.5, 0.6) is 6.01 Å². The van der Waals surface area contributed by atoms with Crippen LogP contribution in [0.4, 0.5) is 11.9 Å². The predicted molar refractivity (Wildman–Crippen MR) is 75.8 cm³/mol. The van der Waals surface area contributed by atoms with Crippen molar-refractivity contribution in [2.24, 2.45) is 5.92 Å². The van der Waals surface area contributed by atoms with Crippen LogP contribution in [-0.4, -0.2) is 41.7 Å². The third kappa shape index (κ3) is 3.94. The Balaban J connectivity index is 2.14. The van der Waals surface area contributed by atoms with Gasteiger partial charge >= 0.3 is 6.01 Å². The molecule has 0 aliphatic carbocycles. The molecule has 0 amide bonds. The molecule has 1 aromatic rings. The molecule has 1 aromatic heterocycles. The van der Waals surface area contributed by atoms with Gasteiger partial charge in [0, 0.05) is 20.1 Å². The molecule has 1 fully saturated rings. The second-order valence-corrected chi connectivity index (χ2v) is 5.24. The maximum Gasteiger partial charge on any atom is 0.323 e. The van der Waals surface area contributed by atoms with Gasteiger partial charge in [-0.05, 0) is 25.2 Å². The molecule has 0 spiro atoms. The van der Waals surface area contributed by atoms with Crippen LogP contribution < -0.4 is 15.0 Å². The van der Waals surface area contributed by atoms with Gasteiger partial charge in [-0.1, -0.05) is 13.8 Å². The number of ether oxygens (including phenoxy) is 1. The molecule has 1 saturated heterocycles. The minimum absolute atomic E-state index is 0.411. The zero-order valence-electron chi connectivity index (χ0n) is 12.0. The van der Waals surface area contributed by atoms with Gasteiger partial charge in [0.2, 0.25) is 11.9 Å². The molecule has 6 heteroatoms. The molecule has 0 unspecified atom stereocenters. The van der Waals surface area contributed by atoms with E-state index < -0.39 is 0 Å². The van der Waals surface area contributed by atoms with Crippen molar-refractivity contribution in [1.82, 2.24) is 15.0 Å². The molecule has 1 aliphatic heterocycles. The van der Waals surface area contributed by atoms with Crippen molar-refractivity contribution in [2.45, 2.75) is 33.1 Å². The van der Waals surface area contributed by atoms with E-state index in [0.29, 0.717) is 24.5 Å². The van der Waals surface area contributed by atoms with Crippen molar-refractivity contribution in [3.63, 3.8) is 0 Å². The summed E-state index contributed by atoms with van der Waals surface area (Å²) in [6.45, 7) is 6.84. The smallest absolute Gasteiger partial charge is 0.323 e. The third-order valence-corrected chi connectivity index (χ3v) is 3.01. The summed E-state index contributed by atoms with van der Waals surface area (Å²) < 4.78 is 5.61. The highest BCUT2D eigenvalue weighted by Crippen LogP contribution is 2.19. The fourth-order valence-corrected chi connectivity index (χ4v) is 2.00. The summed E-state index contributed by atoms with van der Waals surface area (Å²) >= 11 is 0. The fourth-order valence-electron chi connectivity index (χ4n) is 2.00. The lowest BCUT2D eigenvalue weighted by Gasteiger charge is -2.26. The number of hydrogen-bond acceptors (Lipinski definition) is 6. The maximum absolute atomic E-state index is 5.61. The van der Waals surface area contributed by atoms with Crippen molar-refractivity contribution in [2.75, 3.05) is 37.0 Å². The molecule has 2 rings (SSSR count). The Labute approximate surface area is 114 Å². The lowest BCUT2D eigenvalue weighted by molar-refractivity contribution is 0.250. The fraction of sp³-hybridized carbons (Fsp3) is 0.769. The van der Waals surface area contributed by atoms with Crippen molar-refractivity contribution in [3.8, 4) is 6.01 Å². The Morgan fingerprint density at radius 2 is 1.89 bits per heavy atom. The molecule has 2 heterocycles. The summed E-state index contributed by atoms with van der Waals surface area (Å²) in [5.41, 5.74) is 0. The second kappa shape index (κ2) is 6.54. The van der Waals surface area contributed by atoms with E-state index in [-0.39, 0.29) is 0 Å². The summed E-state index contributed by atoms with van der Waals surface area (Å²) in [5.74, 6) is 1.74. The van der Waals surface area contributed by atoms with E-state index in [1.54, 1.807) is 0 Å². The van der Waals surface area contributed by atoms with Gasteiger partial charge in [-0.15, -0.1) is 0 Å². The molecular formula is C13H23N5O. The standard InChI is InChI=1S/C13H23N5O/c1-10(2)9-19-13-16-11(14-3)15-12(17-13)18-7-5-4-6-8-18/h10H,4-9H2,1-3H3,(H,14,15,16,17). The Morgan fingerprint density at radius 3 is 2.53 bits per heavy atom. The molecule has 1 N–H and O–H groups in total. The first kappa shape index (κ1) is 13.8.